The third-order valence-electron chi connectivity index (χ3n) is 4.12. The van der Waals surface area contributed by atoms with Gasteiger partial charge in [-0.15, -0.1) is 10.2 Å². The van der Waals surface area contributed by atoms with Crippen LogP contribution in [-0.4, -0.2) is 32.1 Å². The molecule has 0 amide bonds. The van der Waals surface area contributed by atoms with E-state index in [9.17, 15) is 5.26 Å². The molecule has 0 saturated heterocycles. The average molecular weight is 359 g/mol. The van der Waals surface area contributed by atoms with Gasteiger partial charge in [-0.1, -0.05) is 49.4 Å². The molecule has 0 aliphatic heterocycles. The Balaban J connectivity index is 1.67. The van der Waals surface area contributed by atoms with Crippen LogP contribution in [-0.2, 0) is 13.1 Å². The van der Waals surface area contributed by atoms with Crippen molar-refractivity contribution in [3.8, 4) is 6.07 Å². The van der Waals surface area contributed by atoms with E-state index >= 15 is 0 Å². The molecule has 0 bridgehead atoms. The van der Waals surface area contributed by atoms with Gasteiger partial charge in [-0.3, -0.25) is 4.90 Å². The van der Waals surface area contributed by atoms with Crippen molar-refractivity contribution in [3.05, 3.63) is 77.7 Å². The van der Waals surface area contributed by atoms with Crippen molar-refractivity contribution < 1.29 is 0 Å². The van der Waals surface area contributed by atoms with Gasteiger partial charge in [-0.2, -0.15) is 10.5 Å². The highest BCUT2D eigenvalue weighted by Crippen LogP contribution is 2.16. The number of anilines is 1. The van der Waals surface area contributed by atoms with E-state index in [1.165, 1.54) is 11.1 Å². The highest BCUT2D eigenvalue weighted by Gasteiger charge is 2.07. The summed E-state index contributed by atoms with van der Waals surface area (Å²) >= 11 is 0. The van der Waals surface area contributed by atoms with Crippen molar-refractivity contribution in [1.82, 2.24) is 25.5 Å². The second-order valence-electron chi connectivity index (χ2n) is 6.04. The monoisotopic (exact) mass is 359 g/mol. The Morgan fingerprint density at radius 3 is 2.63 bits per heavy atom. The van der Waals surface area contributed by atoms with Crippen LogP contribution < -0.4 is 5.32 Å². The molecule has 0 unspecified atom stereocenters. The van der Waals surface area contributed by atoms with Crippen LogP contribution in [0.4, 0.5) is 5.69 Å². The highest BCUT2D eigenvalue weighted by atomic mass is 15.5. The van der Waals surface area contributed by atoms with Crippen LogP contribution in [0.2, 0.25) is 0 Å². The zero-order valence-electron chi connectivity index (χ0n) is 15.1. The van der Waals surface area contributed by atoms with Gasteiger partial charge in [0, 0.05) is 25.0 Å². The Morgan fingerprint density at radius 2 is 1.93 bits per heavy atom. The van der Waals surface area contributed by atoms with Gasteiger partial charge in [-0.25, -0.2) is 0 Å². The summed E-state index contributed by atoms with van der Waals surface area (Å²) in [6.45, 7) is 4.88. The van der Waals surface area contributed by atoms with Crippen molar-refractivity contribution in [2.24, 2.45) is 0 Å². The van der Waals surface area contributed by atoms with Crippen molar-refractivity contribution in [1.29, 1.82) is 5.26 Å². The first-order valence-corrected chi connectivity index (χ1v) is 8.74. The number of H-pyrrole nitrogens is 1. The minimum Gasteiger partial charge on any atom is -0.360 e. The lowest BCUT2D eigenvalue weighted by molar-refractivity contribution is 0.271. The molecule has 0 aliphatic carbocycles. The topological polar surface area (TPSA) is 93.5 Å². The Hall–Kier alpha value is -3.50. The lowest BCUT2D eigenvalue weighted by Crippen LogP contribution is -2.22. The van der Waals surface area contributed by atoms with E-state index in [0.29, 0.717) is 5.57 Å². The molecule has 3 rings (SSSR count). The Bertz CT molecular complexity index is 911. The number of rotatable bonds is 8. The van der Waals surface area contributed by atoms with Crippen molar-refractivity contribution in [2.75, 3.05) is 11.9 Å². The zero-order chi connectivity index (χ0) is 18.9. The van der Waals surface area contributed by atoms with Gasteiger partial charge < -0.3 is 5.32 Å². The first-order valence-electron chi connectivity index (χ1n) is 8.74. The minimum atomic E-state index is 0.265. The largest absolute Gasteiger partial charge is 0.360 e. The van der Waals surface area contributed by atoms with E-state index in [1.807, 2.05) is 18.2 Å². The Labute approximate surface area is 158 Å². The number of tetrazole rings is 1. The second-order valence-corrected chi connectivity index (χ2v) is 6.04. The first-order chi connectivity index (χ1) is 13.3. The molecule has 27 heavy (non-hydrogen) atoms. The second kappa shape index (κ2) is 9.27. The summed E-state index contributed by atoms with van der Waals surface area (Å²) in [4.78, 5) is 2.38. The lowest BCUT2D eigenvalue weighted by Gasteiger charge is -2.21. The van der Waals surface area contributed by atoms with Gasteiger partial charge in [-0.05, 0) is 35.0 Å². The summed E-state index contributed by atoms with van der Waals surface area (Å²) in [6, 6.07) is 20.7. The van der Waals surface area contributed by atoms with E-state index in [1.54, 1.807) is 6.20 Å². The Kier molecular flexibility index (Phi) is 6.28. The molecule has 3 aromatic rings. The fraction of sp³-hybridized carbons (Fsp3) is 0.200. The summed E-state index contributed by atoms with van der Waals surface area (Å²) in [6.07, 6.45) is 1.59. The Morgan fingerprint density at radius 1 is 1.15 bits per heavy atom. The molecule has 0 radical (unpaired) electrons. The van der Waals surface area contributed by atoms with E-state index in [2.05, 4.69) is 80.2 Å². The van der Waals surface area contributed by atoms with Crippen LogP contribution in [0, 0.1) is 11.3 Å². The molecule has 2 N–H and O–H groups in total. The molecule has 0 aliphatic rings. The van der Waals surface area contributed by atoms with E-state index in [0.717, 1.165) is 25.3 Å². The molecule has 0 saturated carbocycles. The van der Waals surface area contributed by atoms with Gasteiger partial charge in [0.25, 0.3) is 0 Å². The molecule has 1 heterocycles. The summed E-state index contributed by atoms with van der Waals surface area (Å²) in [5.74, 6) is 0.265. The third kappa shape index (κ3) is 5.23. The molecule has 1 aromatic heterocycles. The predicted octanol–water partition coefficient (Wildman–Crippen LogP) is 3.20. The van der Waals surface area contributed by atoms with Gasteiger partial charge in [0.2, 0.25) is 5.82 Å². The fourth-order valence-corrected chi connectivity index (χ4v) is 2.72. The number of benzene rings is 2. The minimum absolute atomic E-state index is 0.265. The van der Waals surface area contributed by atoms with E-state index < -0.39 is 0 Å². The van der Waals surface area contributed by atoms with Gasteiger partial charge >= 0.3 is 0 Å². The summed E-state index contributed by atoms with van der Waals surface area (Å²) in [5, 5.41) is 25.8. The number of aromatic amines is 1. The maximum Gasteiger partial charge on any atom is 0.216 e. The number of aromatic nitrogens is 4. The molecule has 7 heteroatoms. The molecule has 0 spiro atoms. The predicted molar refractivity (Wildman–Crippen MR) is 104 cm³/mol. The smallest absolute Gasteiger partial charge is 0.216 e. The summed E-state index contributed by atoms with van der Waals surface area (Å²) < 4.78 is 0. The zero-order valence-corrected chi connectivity index (χ0v) is 15.1. The maximum absolute atomic E-state index is 9.23. The quantitative estimate of drug-likeness (QED) is 0.600. The standard InChI is InChI=1S/C20H21N7/c1-2-27(14-16-7-4-3-5-8-16)15-17-9-6-10-19(11-17)22-13-18(12-21)20-23-25-26-24-20/h3-11,13,22H,2,14-15H2,1H3,(H,23,24,25,26). The lowest BCUT2D eigenvalue weighted by atomic mass is 10.1. The maximum atomic E-state index is 9.23. The van der Waals surface area contributed by atoms with Crippen LogP contribution in [0.5, 0.6) is 0 Å². The normalized spacial score (nSPS) is 11.4. The van der Waals surface area contributed by atoms with Crippen LogP contribution in [0.1, 0.15) is 23.9 Å². The van der Waals surface area contributed by atoms with Crippen molar-refractivity contribution >= 4 is 11.3 Å². The molecule has 0 atom stereocenters. The molecule has 2 aromatic carbocycles. The number of hydrogen-bond donors (Lipinski definition) is 2. The number of nitrogens with zero attached hydrogens (tertiary/aromatic N) is 5. The SMILES string of the molecule is CCN(Cc1ccccc1)Cc1cccc(NC=C(C#N)c2nn[nH]n2)c1. The third-order valence-corrected chi connectivity index (χ3v) is 4.12. The van der Waals surface area contributed by atoms with E-state index in [4.69, 9.17) is 0 Å². The highest BCUT2D eigenvalue weighted by molar-refractivity contribution is 5.74. The summed E-state index contributed by atoms with van der Waals surface area (Å²) in [5.41, 5.74) is 3.72. The number of allylic oxidation sites excluding steroid dienone is 1. The summed E-state index contributed by atoms with van der Waals surface area (Å²) in [7, 11) is 0. The van der Waals surface area contributed by atoms with Gasteiger partial charge in [0.15, 0.2) is 0 Å². The van der Waals surface area contributed by atoms with Crippen LogP contribution >= 0.6 is 0 Å². The molecular formula is C20H21N7. The van der Waals surface area contributed by atoms with Gasteiger partial charge in [0.1, 0.15) is 11.6 Å². The van der Waals surface area contributed by atoms with Crippen molar-refractivity contribution in [2.45, 2.75) is 20.0 Å². The van der Waals surface area contributed by atoms with Crippen molar-refractivity contribution in [3.63, 3.8) is 0 Å². The average Bonchev–Trinajstić information content (AvgIpc) is 3.24. The first kappa shape index (κ1) is 18.3. The number of hydrogen-bond acceptors (Lipinski definition) is 6. The molecular weight excluding hydrogens is 338 g/mol. The molecule has 7 nitrogen and oxygen atoms in total. The molecule has 0 fully saturated rings. The number of nitriles is 1. The van der Waals surface area contributed by atoms with Crippen LogP contribution in [0.25, 0.3) is 5.57 Å². The fourth-order valence-electron chi connectivity index (χ4n) is 2.72. The van der Waals surface area contributed by atoms with Crippen LogP contribution in [0.3, 0.4) is 0 Å². The molecule has 136 valence electrons. The van der Waals surface area contributed by atoms with Gasteiger partial charge in [0.05, 0.1) is 0 Å². The van der Waals surface area contributed by atoms with E-state index in [-0.39, 0.29) is 5.82 Å². The number of nitrogens with one attached hydrogen (secondary N) is 2. The van der Waals surface area contributed by atoms with Crippen LogP contribution in [0.15, 0.2) is 60.8 Å².